The molecule has 1 aromatic rings. The molecule has 3 N–H and O–H groups in total. The summed E-state index contributed by atoms with van der Waals surface area (Å²) in [6.45, 7) is 8.98. The van der Waals surface area contributed by atoms with E-state index in [0.29, 0.717) is 13.0 Å². The topological polar surface area (TPSA) is 61.4 Å². The molecule has 0 bridgehead atoms. The highest BCUT2D eigenvalue weighted by atomic mass is 16.4. The van der Waals surface area contributed by atoms with Gasteiger partial charge in [0.2, 0.25) is 0 Å². The molecule has 1 aliphatic rings. The number of carbonyl (C=O) groups is 1. The summed E-state index contributed by atoms with van der Waals surface area (Å²) < 4.78 is 0. The number of rotatable bonds is 6. The molecule has 0 spiro atoms. The molecular formula is C18H28N2O2. The first-order valence-electron chi connectivity index (χ1n) is 8.13. The van der Waals surface area contributed by atoms with Gasteiger partial charge >= 0.3 is 5.97 Å². The fraction of sp³-hybridized carbons (Fsp3) is 0.611. The van der Waals surface area contributed by atoms with Crippen LogP contribution in [-0.4, -0.2) is 23.7 Å². The molecule has 1 heterocycles. The molecule has 0 saturated heterocycles. The summed E-state index contributed by atoms with van der Waals surface area (Å²) in [5.74, 6) is -0.760. The second-order valence-electron chi connectivity index (χ2n) is 7.40. The normalized spacial score (nSPS) is 16.1. The van der Waals surface area contributed by atoms with Crippen LogP contribution in [0.5, 0.6) is 0 Å². The van der Waals surface area contributed by atoms with Crippen LogP contribution in [0.1, 0.15) is 50.3 Å². The minimum Gasteiger partial charge on any atom is -0.480 e. The number of fused-ring (bicyclic) bond motifs is 1. The van der Waals surface area contributed by atoms with E-state index in [9.17, 15) is 9.90 Å². The minimum atomic E-state index is -0.760. The average Bonchev–Trinajstić information content (AvgIpc) is 2.45. The van der Waals surface area contributed by atoms with Gasteiger partial charge in [-0.3, -0.25) is 4.79 Å². The van der Waals surface area contributed by atoms with Gasteiger partial charge in [-0.2, -0.15) is 0 Å². The Labute approximate surface area is 133 Å². The molecule has 4 heteroatoms. The highest BCUT2D eigenvalue weighted by Gasteiger charge is 2.20. The van der Waals surface area contributed by atoms with Gasteiger partial charge < -0.3 is 15.7 Å². The second kappa shape index (κ2) is 7.25. The predicted octanol–water partition coefficient (Wildman–Crippen LogP) is 2.70. The first-order valence-corrected chi connectivity index (χ1v) is 8.13. The van der Waals surface area contributed by atoms with Crippen LogP contribution in [-0.2, 0) is 24.3 Å². The number of aliphatic carboxylic acids is 1. The van der Waals surface area contributed by atoms with Gasteiger partial charge in [0.05, 0.1) is 0 Å². The maximum absolute atomic E-state index is 11.4. The van der Waals surface area contributed by atoms with Gasteiger partial charge in [-0.05, 0) is 47.9 Å². The number of hydrogen-bond acceptors (Lipinski definition) is 3. The van der Waals surface area contributed by atoms with Crippen molar-refractivity contribution < 1.29 is 9.90 Å². The molecule has 0 unspecified atom stereocenters. The zero-order valence-electron chi connectivity index (χ0n) is 13.9. The molecule has 0 fully saturated rings. The molecule has 2 rings (SSSR count). The Morgan fingerprint density at radius 3 is 2.82 bits per heavy atom. The van der Waals surface area contributed by atoms with E-state index in [1.54, 1.807) is 0 Å². The first kappa shape index (κ1) is 17.0. The Morgan fingerprint density at radius 2 is 2.14 bits per heavy atom. The summed E-state index contributed by atoms with van der Waals surface area (Å²) >= 11 is 0. The molecule has 0 saturated carbocycles. The third-order valence-electron chi connectivity index (χ3n) is 4.19. The lowest BCUT2D eigenvalue weighted by atomic mass is 9.88. The zero-order chi connectivity index (χ0) is 16.2. The quantitative estimate of drug-likeness (QED) is 0.756. The standard InChI is InChI=1S/C18H28N2O2/c1-18(2,3)8-6-16(17(21)22)20-11-13-4-5-14-7-9-19-12-15(14)10-13/h4-5,10,16,19-20H,6-9,11-12H2,1-3H3,(H,21,22)/t16-/m0/s1. The molecular weight excluding hydrogens is 276 g/mol. The predicted molar refractivity (Wildman–Crippen MR) is 88.8 cm³/mol. The molecule has 1 aliphatic heterocycles. The van der Waals surface area contributed by atoms with E-state index in [1.165, 1.54) is 11.1 Å². The Kier molecular flexibility index (Phi) is 5.59. The number of carboxylic acids is 1. The van der Waals surface area contributed by atoms with Gasteiger partial charge in [0.15, 0.2) is 0 Å². The van der Waals surface area contributed by atoms with Gasteiger partial charge in [0.25, 0.3) is 0 Å². The van der Waals surface area contributed by atoms with Crippen molar-refractivity contribution in [2.75, 3.05) is 6.54 Å². The fourth-order valence-corrected chi connectivity index (χ4v) is 2.78. The van der Waals surface area contributed by atoms with Crippen molar-refractivity contribution in [2.45, 2.75) is 59.2 Å². The number of carboxylic acid groups (broad SMARTS) is 1. The smallest absolute Gasteiger partial charge is 0.320 e. The molecule has 22 heavy (non-hydrogen) atoms. The maximum Gasteiger partial charge on any atom is 0.320 e. The van der Waals surface area contributed by atoms with Crippen molar-refractivity contribution in [1.29, 1.82) is 0 Å². The van der Waals surface area contributed by atoms with Gasteiger partial charge in [-0.25, -0.2) is 0 Å². The molecule has 122 valence electrons. The Balaban J connectivity index is 1.93. The van der Waals surface area contributed by atoms with E-state index >= 15 is 0 Å². The number of nitrogens with one attached hydrogen (secondary N) is 2. The second-order valence-corrected chi connectivity index (χ2v) is 7.40. The molecule has 4 nitrogen and oxygen atoms in total. The van der Waals surface area contributed by atoms with Crippen LogP contribution in [0.2, 0.25) is 0 Å². The summed E-state index contributed by atoms with van der Waals surface area (Å²) in [5, 5.41) is 15.9. The lowest BCUT2D eigenvalue weighted by Gasteiger charge is -2.22. The molecule has 0 aliphatic carbocycles. The van der Waals surface area contributed by atoms with Crippen LogP contribution >= 0.6 is 0 Å². The molecule has 1 atom stereocenters. The number of hydrogen-bond donors (Lipinski definition) is 3. The maximum atomic E-state index is 11.4. The van der Waals surface area contributed by atoms with Crippen molar-refractivity contribution in [2.24, 2.45) is 5.41 Å². The lowest BCUT2D eigenvalue weighted by molar-refractivity contribution is -0.139. The van der Waals surface area contributed by atoms with Crippen LogP contribution in [0.4, 0.5) is 0 Å². The summed E-state index contributed by atoms with van der Waals surface area (Å²) in [4.78, 5) is 11.4. The van der Waals surface area contributed by atoms with E-state index in [-0.39, 0.29) is 5.41 Å². The van der Waals surface area contributed by atoms with Crippen molar-refractivity contribution in [1.82, 2.24) is 10.6 Å². The third-order valence-corrected chi connectivity index (χ3v) is 4.19. The van der Waals surface area contributed by atoms with Gasteiger partial charge in [-0.1, -0.05) is 39.0 Å². The third kappa shape index (κ3) is 5.11. The molecule has 0 amide bonds. The lowest BCUT2D eigenvalue weighted by Crippen LogP contribution is -2.37. The monoisotopic (exact) mass is 304 g/mol. The van der Waals surface area contributed by atoms with Crippen LogP contribution in [0.3, 0.4) is 0 Å². The van der Waals surface area contributed by atoms with Crippen LogP contribution in [0.25, 0.3) is 0 Å². The Hall–Kier alpha value is -1.39. The molecule has 0 aromatic heterocycles. The molecule has 0 radical (unpaired) electrons. The van der Waals surface area contributed by atoms with Crippen molar-refractivity contribution in [3.63, 3.8) is 0 Å². The van der Waals surface area contributed by atoms with E-state index in [0.717, 1.165) is 31.5 Å². The summed E-state index contributed by atoms with van der Waals surface area (Å²) in [5.41, 5.74) is 4.06. The van der Waals surface area contributed by atoms with Crippen molar-refractivity contribution in [3.8, 4) is 0 Å². The summed E-state index contributed by atoms with van der Waals surface area (Å²) in [6, 6.07) is 6.00. The largest absolute Gasteiger partial charge is 0.480 e. The highest BCUT2D eigenvalue weighted by Crippen LogP contribution is 2.22. The SMILES string of the molecule is CC(C)(C)CC[C@H](NCc1ccc2c(c1)CNCC2)C(=O)O. The molecule has 1 aromatic carbocycles. The Bertz CT molecular complexity index is 520. The van der Waals surface area contributed by atoms with E-state index in [2.05, 4.69) is 49.6 Å². The van der Waals surface area contributed by atoms with Gasteiger partial charge in [-0.15, -0.1) is 0 Å². The fourth-order valence-electron chi connectivity index (χ4n) is 2.78. The van der Waals surface area contributed by atoms with E-state index in [4.69, 9.17) is 0 Å². The van der Waals surface area contributed by atoms with E-state index < -0.39 is 12.0 Å². The number of benzene rings is 1. The van der Waals surface area contributed by atoms with Crippen LogP contribution in [0, 0.1) is 5.41 Å². The van der Waals surface area contributed by atoms with Crippen molar-refractivity contribution >= 4 is 5.97 Å². The Morgan fingerprint density at radius 1 is 1.36 bits per heavy atom. The van der Waals surface area contributed by atoms with Gasteiger partial charge in [0, 0.05) is 13.1 Å². The highest BCUT2D eigenvalue weighted by molar-refractivity contribution is 5.73. The van der Waals surface area contributed by atoms with Crippen LogP contribution in [0.15, 0.2) is 18.2 Å². The zero-order valence-corrected chi connectivity index (χ0v) is 13.9. The first-order chi connectivity index (χ1) is 10.3. The van der Waals surface area contributed by atoms with Crippen LogP contribution < -0.4 is 10.6 Å². The minimum absolute atomic E-state index is 0.160. The average molecular weight is 304 g/mol. The van der Waals surface area contributed by atoms with Crippen molar-refractivity contribution in [3.05, 3.63) is 34.9 Å². The van der Waals surface area contributed by atoms with E-state index in [1.807, 2.05) is 0 Å². The van der Waals surface area contributed by atoms with Gasteiger partial charge in [0.1, 0.15) is 6.04 Å². The summed E-state index contributed by atoms with van der Waals surface area (Å²) in [7, 11) is 0. The summed E-state index contributed by atoms with van der Waals surface area (Å²) in [6.07, 6.45) is 2.63.